The summed E-state index contributed by atoms with van der Waals surface area (Å²) in [5, 5.41) is 15.2. The van der Waals surface area contributed by atoms with Crippen LogP contribution in [0, 0.1) is 0 Å². The lowest BCUT2D eigenvalue weighted by atomic mass is 10.2. The van der Waals surface area contributed by atoms with Crippen molar-refractivity contribution in [3.05, 3.63) is 48.3 Å². The van der Waals surface area contributed by atoms with Crippen LogP contribution >= 0.6 is 0 Å². The van der Waals surface area contributed by atoms with E-state index < -0.39 is 11.9 Å². The van der Waals surface area contributed by atoms with Gasteiger partial charge in [-0.25, -0.2) is 9.78 Å². The normalized spacial score (nSPS) is 10.4. The van der Waals surface area contributed by atoms with Gasteiger partial charge in [-0.05, 0) is 24.3 Å². The number of nitrogens with two attached hydrogens (primary N) is 1. The second kappa shape index (κ2) is 7.95. The fourth-order valence-electron chi connectivity index (χ4n) is 2.31. The zero-order chi connectivity index (χ0) is 19.2. The van der Waals surface area contributed by atoms with Gasteiger partial charge in [-0.3, -0.25) is 14.7 Å². The molecule has 0 spiro atoms. The van der Waals surface area contributed by atoms with Gasteiger partial charge in [0.25, 0.3) is 5.91 Å². The predicted molar refractivity (Wildman–Crippen MR) is 99.1 cm³/mol. The Morgan fingerprint density at radius 3 is 2.63 bits per heavy atom. The quantitative estimate of drug-likeness (QED) is 0.443. The highest BCUT2D eigenvalue weighted by Crippen LogP contribution is 2.17. The highest BCUT2D eigenvalue weighted by Gasteiger charge is 2.09. The van der Waals surface area contributed by atoms with E-state index >= 15 is 0 Å². The Labute approximate surface area is 153 Å². The first-order valence-electron chi connectivity index (χ1n) is 8.05. The summed E-state index contributed by atoms with van der Waals surface area (Å²) in [6, 6.07) is 7.85. The molecule has 0 saturated heterocycles. The van der Waals surface area contributed by atoms with Crippen LogP contribution in [-0.2, 0) is 4.79 Å². The highest BCUT2D eigenvalue weighted by atomic mass is 16.2. The number of nitrogens with one attached hydrogen (secondary N) is 4. The first-order chi connectivity index (χ1) is 13.0. The van der Waals surface area contributed by atoms with E-state index in [9.17, 15) is 14.4 Å². The maximum Gasteiger partial charge on any atom is 0.319 e. The molecule has 10 heteroatoms. The number of amides is 4. The Kier molecular flexibility index (Phi) is 5.26. The highest BCUT2D eigenvalue weighted by molar-refractivity contribution is 6.06. The number of H-pyrrole nitrogens is 1. The molecule has 0 saturated carbocycles. The van der Waals surface area contributed by atoms with Crippen molar-refractivity contribution in [1.29, 1.82) is 0 Å². The molecule has 0 atom stereocenters. The number of urea groups is 1. The fraction of sp³-hybridized carbons (Fsp3) is 0.118. The molecule has 138 valence electrons. The van der Waals surface area contributed by atoms with E-state index in [2.05, 4.69) is 31.1 Å². The number of rotatable bonds is 6. The minimum atomic E-state index is -0.497. The molecule has 3 aromatic rings. The molecule has 2 aromatic heterocycles. The molecule has 0 aliphatic rings. The average molecular weight is 367 g/mol. The second-order valence-corrected chi connectivity index (χ2v) is 5.66. The summed E-state index contributed by atoms with van der Waals surface area (Å²) < 4.78 is 0. The van der Waals surface area contributed by atoms with E-state index in [1.807, 2.05) is 0 Å². The molecular formula is C17H17N7O3. The number of hydrogen-bond acceptors (Lipinski definition) is 5. The summed E-state index contributed by atoms with van der Waals surface area (Å²) in [5.41, 5.74) is 6.97. The predicted octanol–water partition coefficient (Wildman–Crippen LogP) is 1.21. The van der Waals surface area contributed by atoms with Crippen LogP contribution in [0.2, 0.25) is 0 Å². The number of carbonyl (C=O) groups excluding carboxylic acids is 3. The number of nitrogens with zero attached hydrogens (tertiary/aromatic N) is 2. The number of anilines is 2. The molecule has 2 heterocycles. The Morgan fingerprint density at radius 2 is 1.85 bits per heavy atom. The molecule has 0 radical (unpaired) electrons. The van der Waals surface area contributed by atoms with Crippen LogP contribution in [0.3, 0.4) is 0 Å². The van der Waals surface area contributed by atoms with E-state index in [4.69, 9.17) is 5.73 Å². The Hall–Kier alpha value is -3.95. The van der Waals surface area contributed by atoms with E-state index in [0.717, 1.165) is 5.39 Å². The van der Waals surface area contributed by atoms with Gasteiger partial charge in [-0.1, -0.05) is 6.07 Å². The van der Waals surface area contributed by atoms with Crippen LogP contribution in [0.4, 0.5) is 16.2 Å². The molecule has 10 nitrogen and oxygen atoms in total. The Bertz CT molecular complexity index is 999. The summed E-state index contributed by atoms with van der Waals surface area (Å²) >= 11 is 0. The third-order valence-electron chi connectivity index (χ3n) is 3.59. The first-order valence-corrected chi connectivity index (χ1v) is 8.05. The number of aromatic amines is 1. The zero-order valence-electron chi connectivity index (χ0n) is 14.2. The largest absolute Gasteiger partial charge is 0.370 e. The van der Waals surface area contributed by atoms with Crippen molar-refractivity contribution in [3.63, 3.8) is 0 Å². The van der Waals surface area contributed by atoms with Crippen LogP contribution in [-0.4, -0.2) is 39.6 Å². The number of benzene rings is 1. The van der Waals surface area contributed by atoms with Crippen LogP contribution in [0.15, 0.2) is 42.7 Å². The number of carbonyl (C=O) groups is 3. The first kappa shape index (κ1) is 17.9. The van der Waals surface area contributed by atoms with Crippen molar-refractivity contribution in [2.75, 3.05) is 17.2 Å². The molecule has 0 unspecified atom stereocenters. The van der Waals surface area contributed by atoms with E-state index in [0.29, 0.717) is 22.6 Å². The molecule has 0 fully saturated rings. The molecule has 27 heavy (non-hydrogen) atoms. The second-order valence-electron chi connectivity index (χ2n) is 5.66. The average Bonchev–Trinajstić information content (AvgIpc) is 3.09. The summed E-state index contributed by atoms with van der Waals surface area (Å²) in [5.74, 6) is -0.836. The van der Waals surface area contributed by atoms with Crippen LogP contribution in [0.1, 0.15) is 16.8 Å². The number of pyridine rings is 1. The van der Waals surface area contributed by atoms with Crippen molar-refractivity contribution >= 4 is 40.3 Å². The maximum atomic E-state index is 12.4. The molecule has 1 aromatic carbocycles. The maximum absolute atomic E-state index is 12.4. The van der Waals surface area contributed by atoms with Crippen molar-refractivity contribution in [2.45, 2.75) is 6.42 Å². The molecule has 3 rings (SSSR count). The van der Waals surface area contributed by atoms with Crippen molar-refractivity contribution in [1.82, 2.24) is 20.5 Å². The Morgan fingerprint density at radius 1 is 1.07 bits per heavy atom. The molecular weight excluding hydrogens is 350 g/mol. The van der Waals surface area contributed by atoms with Gasteiger partial charge >= 0.3 is 6.03 Å². The van der Waals surface area contributed by atoms with Crippen LogP contribution in [0.5, 0.6) is 0 Å². The minimum absolute atomic E-state index is 0.0541. The summed E-state index contributed by atoms with van der Waals surface area (Å²) in [6.07, 6.45) is 3.09. The van der Waals surface area contributed by atoms with E-state index in [1.165, 1.54) is 6.20 Å². The summed E-state index contributed by atoms with van der Waals surface area (Å²) in [6.45, 7) is 0.140. The lowest BCUT2D eigenvalue weighted by Gasteiger charge is -2.09. The standard InChI is InChI=1S/C17H17N7O3/c18-14(25)4-5-19-17(27)23-13-3-1-2-12(7-13)22-16(26)11-6-10-9-21-24-15(10)20-8-11/h1-3,6-9H,4-5H2,(H2,18,25)(H,22,26)(H2,19,23,27)(H,20,21,24). The van der Waals surface area contributed by atoms with Crippen LogP contribution in [0.25, 0.3) is 11.0 Å². The van der Waals surface area contributed by atoms with Crippen molar-refractivity contribution in [3.8, 4) is 0 Å². The van der Waals surface area contributed by atoms with E-state index in [1.54, 1.807) is 36.5 Å². The van der Waals surface area contributed by atoms with Gasteiger partial charge in [-0.2, -0.15) is 5.10 Å². The molecule has 6 N–H and O–H groups in total. The van der Waals surface area contributed by atoms with Gasteiger partial charge < -0.3 is 21.7 Å². The lowest BCUT2D eigenvalue weighted by molar-refractivity contribution is -0.117. The van der Waals surface area contributed by atoms with Gasteiger partial charge in [0.05, 0.1) is 11.8 Å². The smallest absolute Gasteiger partial charge is 0.319 e. The van der Waals surface area contributed by atoms with Gasteiger partial charge in [0.1, 0.15) is 0 Å². The minimum Gasteiger partial charge on any atom is -0.370 e. The Balaban J connectivity index is 1.62. The molecule has 0 bridgehead atoms. The number of aromatic nitrogens is 3. The van der Waals surface area contributed by atoms with Gasteiger partial charge in [0.15, 0.2) is 5.65 Å². The monoisotopic (exact) mass is 367 g/mol. The summed E-state index contributed by atoms with van der Waals surface area (Å²) in [7, 11) is 0. The number of hydrogen-bond donors (Lipinski definition) is 5. The van der Waals surface area contributed by atoms with Gasteiger partial charge in [0.2, 0.25) is 5.91 Å². The van der Waals surface area contributed by atoms with Gasteiger partial charge in [0, 0.05) is 35.9 Å². The van der Waals surface area contributed by atoms with Crippen molar-refractivity contribution < 1.29 is 14.4 Å². The van der Waals surface area contributed by atoms with Crippen LogP contribution < -0.4 is 21.7 Å². The van der Waals surface area contributed by atoms with E-state index in [-0.39, 0.29) is 18.9 Å². The fourth-order valence-corrected chi connectivity index (χ4v) is 2.31. The summed E-state index contributed by atoms with van der Waals surface area (Å²) in [4.78, 5) is 38.9. The van der Waals surface area contributed by atoms with Gasteiger partial charge in [-0.15, -0.1) is 0 Å². The third kappa shape index (κ3) is 4.78. The topological polar surface area (TPSA) is 155 Å². The lowest BCUT2D eigenvalue weighted by Crippen LogP contribution is -2.31. The SMILES string of the molecule is NC(=O)CCNC(=O)Nc1cccc(NC(=O)c2cnc3[nH]ncc3c2)c1. The molecule has 0 aliphatic carbocycles. The third-order valence-corrected chi connectivity index (χ3v) is 3.59. The molecule has 0 aliphatic heterocycles. The number of fused-ring (bicyclic) bond motifs is 1. The van der Waals surface area contributed by atoms with Crippen molar-refractivity contribution in [2.24, 2.45) is 5.73 Å². The molecule has 4 amide bonds. The number of primary amides is 1. The zero-order valence-corrected chi connectivity index (χ0v) is 14.2.